The molecule has 16 heavy (non-hydrogen) atoms. The van der Waals surface area contributed by atoms with Gasteiger partial charge in [-0.05, 0) is 26.8 Å². The SMILES string of the molecule is CC(C)(C)NC[C@@H](O)c1ccccc1Cl.Cl. The second kappa shape index (κ2) is 6.45. The van der Waals surface area contributed by atoms with Gasteiger partial charge < -0.3 is 10.4 Å². The van der Waals surface area contributed by atoms with Gasteiger partial charge in [0.25, 0.3) is 0 Å². The first kappa shape index (κ1) is 15.7. The fourth-order valence-corrected chi connectivity index (χ4v) is 1.52. The number of β-amino-alcohol motifs (C(OH)–C–C–N with tert-alkyl or cyclic N) is 1. The maximum atomic E-state index is 9.92. The van der Waals surface area contributed by atoms with Crippen LogP contribution < -0.4 is 5.32 Å². The summed E-state index contributed by atoms with van der Waals surface area (Å²) in [7, 11) is 0. The van der Waals surface area contributed by atoms with E-state index in [1.807, 2.05) is 18.2 Å². The molecule has 0 aliphatic heterocycles. The molecule has 0 heterocycles. The minimum absolute atomic E-state index is 0. The Morgan fingerprint density at radius 3 is 2.38 bits per heavy atom. The smallest absolute Gasteiger partial charge is 0.0928 e. The number of aliphatic hydroxyl groups is 1. The zero-order valence-electron chi connectivity index (χ0n) is 9.83. The van der Waals surface area contributed by atoms with Crippen LogP contribution in [0.1, 0.15) is 32.4 Å². The van der Waals surface area contributed by atoms with Gasteiger partial charge in [0.1, 0.15) is 0 Å². The molecule has 0 unspecified atom stereocenters. The summed E-state index contributed by atoms with van der Waals surface area (Å²) in [6.45, 7) is 6.69. The molecule has 1 atom stereocenters. The van der Waals surface area contributed by atoms with Crippen molar-refractivity contribution >= 4 is 24.0 Å². The summed E-state index contributed by atoms with van der Waals surface area (Å²) in [5.74, 6) is 0. The van der Waals surface area contributed by atoms with Gasteiger partial charge in [0.15, 0.2) is 0 Å². The van der Waals surface area contributed by atoms with Crippen molar-refractivity contribution in [2.24, 2.45) is 0 Å². The highest BCUT2D eigenvalue weighted by atomic mass is 35.5. The molecular weight excluding hydrogens is 245 g/mol. The standard InChI is InChI=1S/C12H18ClNO.ClH/c1-12(2,3)14-8-11(15)9-6-4-5-7-10(9)13;/h4-7,11,14-15H,8H2,1-3H3;1H/t11-;/m1./s1. The molecule has 0 aromatic heterocycles. The fourth-order valence-electron chi connectivity index (χ4n) is 1.26. The first-order valence-corrected chi connectivity index (χ1v) is 5.45. The molecule has 0 spiro atoms. The predicted molar refractivity (Wildman–Crippen MR) is 71.4 cm³/mol. The molecule has 0 radical (unpaired) electrons. The second-order valence-corrected chi connectivity index (χ2v) is 5.08. The fraction of sp³-hybridized carbons (Fsp3) is 0.500. The summed E-state index contributed by atoms with van der Waals surface area (Å²) in [6, 6.07) is 7.37. The topological polar surface area (TPSA) is 32.3 Å². The molecule has 1 aromatic carbocycles. The van der Waals surface area contributed by atoms with Crippen molar-refractivity contribution in [3.8, 4) is 0 Å². The average Bonchev–Trinajstić information content (AvgIpc) is 2.14. The third-order valence-electron chi connectivity index (χ3n) is 2.09. The molecule has 92 valence electrons. The molecule has 0 bridgehead atoms. The number of hydrogen-bond acceptors (Lipinski definition) is 2. The lowest BCUT2D eigenvalue weighted by Crippen LogP contribution is -2.38. The lowest BCUT2D eigenvalue weighted by atomic mass is 10.1. The Morgan fingerprint density at radius 2 is 1.88 bits per heavy atom. The van der Waals surface area contributed by atoms with Crippen molar-refractivity contribution in [1.29, 1.82) is 0 Å². The van der Waals surface area contributed by atoms with Crippen LogP contribution in [0.3, 0.4) is 0 Å². The lowest BCUT2D eigenvalue weighted by molar-refractivity contribution is 0.163. The molecular formula is C12H19Cl2NO. The van der Waals surface area contributed by atoms with Crippen LogP contribution in [-0.4, -0.2) is 17.2 Å². The normalized spacial score (nSPS) is 13.1. The summed E-state index contributed by atoms with van der Waals surface area (Å²) >= 11 is 5.98. The van der Waals surface area contributed by atoms with Crippen molar-refractivity contribution in [1.82, 2.24) is 5.32 Å². The molecule has 0 saturated carbocycles. The van der Waals surface area contributed by atoms with Gasteiger partial charge >= 0.3 is 0 Å². The van der Waals surface area contributed by atoms with Gasteiger partial charge in [-0.15, -0.1) is 12.4 Å². The third-order valence-corrected chi connectivity index (χ3v) is 2.43. The highest BCUT2D eigenvalue weighted by Gasteiger charge is 2.15. The summed E-state index contributed by atoms with van der Waals surface area (Å²) < 4.78 is 0. The van der Waals surface area contributed by atoms with E-state index in [0.717, 1.165) is 5.56 Å². The Labute approximate surface area is 108 Å². The highest BCUT2D eigenvalue weighted by molar-refractivity contribution is 6.31. The van der Waals surface area contributed by atoms with E-state index in [1.54, 1.807) is 6.07 Å². The Balaban J connectivity index is 0.00000225. The number of benzene rings is 1. The predicted octanol–water partition coefficient (Wildman–Crippen LogP) is 3.18. The molecule has 0 aliphatic carbocycles. The van der Waals surface area contributed by atoms with Gasteiger partial charge in [0.05, 0.1) is 6.10 Å². The maximum Gasteiger partial charge on any atom is 0.0928 e. The lowest BCUT2D eigenvalue weighted by Gasteiger charge is -2.23. The number of nitrogens with one attached hydrogen (secondary N) is 1. The van der Waals surface area contributed by atoms with Crippen LogP contribution in [0.5, 0.6) is 0 Å². The molecule has 2 N–H and O–H groups in total. The van der Waals surface area contributed by atoms with Crippen LogP contribution in [-0.2, 0) is 0 Å². The number of aliphatic hydroxyl groups excluding tert-OH is 1. The molecule has 1 rings (SSSR count). The minimum Gasteiger partial charge on any atom is -0.387 e. The molecule has 0 saturated heterocycles. The molecule has 1 aromatic rings. The summed E-state index contributed by atoms with van der Waals surface area (Å²) in [5, 5.41) is 13.8. The Bertz CT molecular complexity index is 323. The van der Waals surface area contributed by atoms with Crippen molar-refractivity contribution in [2.75, 3.05) is 6.54 Å². The monoisotopic (exact) mass is 263 g/mol. The first-order chi connectivity index (χ1) is 6.90. The first-order valence-electron chi connectivity index (χ1n) is 5.08. The molecule has 4 heteroatoms. The van der Waals surface area contributed by atoms with Gasteiger partial charge in [0, 0.05) is 22.7 Å². The number of rotatable bonds is 3. The van der Waals surface area contributed by atoms with Crippen molar-refractivity contribution < 1.29 is 5.11 Å². The van der Waals surface area contributed by atoms with Crippen molar-refractivity contribution in [3.63, 3.8) is 0 Å². The zero-order valence-corrected chi connectivity index (χ0v) is 11.4. The van der Waals surface area contributed by atoms with Gasteiger partial charge in [-0.3, -0.25) is 0 Å². The number of halogens is 2. The summed E-state index contributed by atoms with van der Waals surface area (Å²) in [6.07, 6.45) is -0.557. The van der Waals surface area contributed by atoms with E-state index in [0.29, 0.717) is 11.6 Å². The van der Waals surface area contributed by atoms with Crippen LogP contribution in [0.2, 0.25) is 5.02 Å². The van der Waals surface area contributed by atoms with Crippen LogP contribution in [0.25, 0.3) is 0 Å². The zero-order chi connectivity index (χ0) is 11.5. The quantitative estimate of drug-likeness (QED) is 0.878. The van der Waals surface area contributed by atoms with Crippen molar-refractivity contribution in [2.45, 2.75) is 32.4 Å². The second-order valence-electron chi connectivity index (χ2n) is 4.67. The Kier molecular flexibility index (Phi) is 6.34. The van der Waals surface area contributed by atoms with Gasteiger partial charge in [0.2, 0.25) is 0 Å². The molecule has 0 fully saturated rings. The van der Waals surface area contributed by atoms with Gasteiger partial charge in [-0.1, -0.05) is 29.8 Å². The van der Waals surface area contributed by atoms with Crippen LogP contribution in [0.15, 0.2) is 24.3 Å². The third kappa shape index (κ3) is 5.17. The highest BCUT2D eigenvalue weighted by Crippen LogP contribution is 2.22. The van der Waals surface area contributed by atoms with E-state index < -0.39 is 6.10 Å². The van der Waals surface area contributed by atoms with Crippen LogP contribution in [0, 0.1) is 0 Å². The number of hydrogen-bond donors (Lipinski definition) is 2. The van der Waals surface area contributed by atoms with E-state index in [9.17, 15) is 5.11 Å². The molecule has 0 aliphatic rings. The van der Waals surface area contributed by atoms with Crippen LogP contribution in [0.4, 0.5) is 0 Å². The maximum absolute atomic E-state index is 9.92. The van der Waals surface area contributed by atoms with Crippen molar-refractivity contribution in [3.05, 3.63) is 34.9 Å². The van der Waals surface area contributed by atoms with E-state index in [4.69, 9.17) is 11.6 Å². The average molecular weight is 264 g/mol. The van der Waals surface area contributed by atoms with E-state index in [1.165, 1.54) is 0 Å². The van der Waals surface area contributed by atoms with E-state index in [2.05, 4.69) is 26.1 Å². The summed E-state index contributed by atoms with van der Waals surface area (Å²) in [4.78, 5) is 0. The van der Waals surface area contributed by atoms with E-state index >= 15 is 0 Å². The van der Waals surface area contributed by atoms with Gasteiger partial charge in [-0.2, -0.15) is 0 Å². The van der Waals surface area contributed by atoms with Gasteiger partial charge in [-0.25, -0.2) is 0 Å². The Hall–Kier alpha value is -0.280. The largest absolute Gasteiger partial charge is 0.387 e. The van der Waals surface area contributed by atoms with E-state index in [-0.39, 0.29) is 17.9 Å². The Morgan fingerprint density at radius 1 is 1.31 bits per heavy atom. The molecule has 2 nitrogen and oxygen atoms in total. The van der Waals surface area contributed by atoms with Crippen LogP contribution >= 0.6 is 24.0 Å². The minimum atomic E-state index is -0.557. The molecule has 0 amide bonds. The summed E-state index contributed by atoms with van der Waals surface area (Å²) in [5.41, 5.74) is 0.776.